The van der Waals surface area contributed by atoms with Gasteiger partial charge in [0.25, 0.3) is 0 Å². The first-order valence-electron chi connectivity index (χ1n) is 5.22. The summed E-state index contributed by atoms with van der Waals surface area (Å²) in [5, 5.41) is 8.54. The molecule has 1 N–H and O–H groups in total. The van der Waals surface area contributed by atoms with Crippen molar-refractivity contribution in [1.82, 2.24) is 4.90 Å². The number of likely N-dealkylation sites (N-methyl/N-ethyl adjacent to an activating group) is 1. The molecule has 6 heteroatoms. The predicted octanol–water partition coefficient (Wildman–Crippen LogP) is 0.920. The first-order valence-corrected chi connectivity index (χ1v) is 5.22. The Balaban J connectivity index is 2.70. The van der Waals surface area contributed by atoms with E-state index in [1.165, 1.54) is 26.3 Å². The first-order chi connectivity index (χ1) is 8.43. The summed E-state index contributed by atoms with van der Waals surface area (Å²) in [4.78, 5) is 23.1. The topological polar surface area (TPSA) is 66.8 Å². The molecule has 1 aromatic rings. The minimum atomic E-state index is -1.09. The van der Waals surface area contributed by atoms with Gasteiger partial charge in [0.15, 0.2) is 11.6 Å². The number of amides is 1. The lowest BCUT2D eigenvalue weighted by Gasteiger charge is -2.14. The molecule has 0 aliphatic heterocycles. The minimum Gasteiger partial charge on any atom is -0.494 e. The van der Waals surface area contributed by atoms with Gasteiger partial charge >= 0.3 is 5.97 Å². The Morgan fingerprint density at radius 1 is 1.44 bits per heavy atom. The van der Waals surface area contributed by atoms with Gasteiger partial charge in [-0.1, -0.05) is 6.07 Å². The lowest BCUT2D eigenvalue weighted by molar-refractivity contribution is -0.143. The van der Waals surface area contributed by atoms with E-state index < -0.39 is 11.8 Å². The van der Waals surface area contributed by atoms with Gasteiger partial charge < -0.3 is 14.7 Å². The van der Waals surface area contributed by atoms with Gasteiger partial charge in [-0.25, -0.2) is 4.39 Å². The van der Waals surface area contributed by atoms with Gasteiger partial charge in [-0.2, -0.15) is 0 Å². The van der Waals surface area contributed by atoms with Crippen molar-refractivity contribution >= 4 is 11.9 Å². The van der Waals surface area contributed by atoms with Gasteiger partial charge in [-0.05, 0) is 17.7 Å². The van der Waals surface area contributed by atoms with Crippen molar-refractivity contribution in [2.75, 3.05) is 20.7 Å². The Bertz CT molecular complexity index is 461. The van der Waals surface area contributed by atoms with Crippen molar-refractivity contribution < 1.29 is 23.8 Å². The predicted molar refractivity (Wildman–Crippen MR) is 61.9 cm³/mol. The molecule has 0 radical (unpaired) electrons. The van der Waals surface area contributed by atoms with Crippen LogP contribution in [0.5, 0.6) is 5.75 Å². The number of benzene rings is 1. The van der Waals surface area contributed by atoms with Crippen LogP contribution >= 0.6 is 0 Å². The molecule has 0 heterocycles. The summed E-state index contributed by atoms with van der Waals surface area (Å²) in [5.74, 6) is -1.93. The fourth-order valence-corrected chi connectivity index (χ4v) is 1.42. The lowest BCUT2D eigenvalue weighted by Crippen LogP contribution is -2.33. The van der Waals surface area contributed by atoms with Gasteiger partial charge in [0.1, 0.15) is 6.54 Å². The second-order valence-corrected chi connectivity index (χ2v) is 3.79. The number of halogens is 1. The van der Waals surface area contributed by atoms with Crippen LogP contribution in [-0.4, -0.2) is 42.6 Å². The third-order valence-electron chi connectivity index (χ3n) is 2.37. The van der Waals surface area contributed by atoms with Crippen molar-refractivity contribution in [3.63, 3.8) is 0 Å². The molecule has 98 valence electrons. The molecule has 0 saturated heterocycles. The SMILES string of the molecule is COc1ccc(CC(=O)N(C)CC(=O)O)cc1F. The summed E-state index contributed by atoms with van der Waals surface area (Å²) in [6, 6.07) is 4.19. The number of nitrogens with zero attached hydrogens (tertiary/aromatic N) is 1. The smallest absolute Gasteiger partial charge is 0.323 e. The zero-order chi connectivity index (χ0) is 13.7. The highest BCUT2D eigenvalue weighted by molar-refractivity contribution is 5.82. The Labute approximate surface area is 104 Å². The van der Waals surface area contributed by atoms with Crippen LogP contribution in [-0.2, 0) is 16.0 Å². The van der Waals surface area contributed by atoms with Crippen LogP contribution in [0.3, 0.4) is 0 Å². The van der Waals surface area contributed by atoms with E-state index in [4.69, 9.17) is 9.84 Å². The third-order valence-corrected chi connectivity index (χ3v) is 2.37. The van der Waals surface area contributed by atoms with Crippen LogP contribution in [0.2, 0.25) is 0 Å². The van der Waals surface area contributed by atoms with Crippen LogP contribution in [0.4, 0.5) is 4.39 Å². The fourth-order valence-electron chi connectivity index (χ4n) is 1.42. The maximum atomic E-state index is 13.4. The molecule has 0 aliphatic carbocycles. The molecular weight excluding hydrogens is 241 g/mol. The van der Waals surface area contributed by atoms with Crippen LogP contribution in [0.25, 0.3) is 0 Å². The Kier molecular flexibility index (Phi) is 4.65. The molecule has 0 unspecified atom stereocenters. The number of carboxylic acid groups (broad SMARTS) is 1. The van der Waals surface area contributed by atoms with Crippen LogP contribution < -0.4 is 4.74 Å². The van der Waals surface area contributed by atoms with E-state index >= 15 is 0 Å². The molecule has 1 aromatic carbocycles. The van der Waals surface area contributed by atoms with Crippen molar-refractivity contribution in [2.24, 2.45) is 0 Å². The number of hydrogen-bond donors (Lipinski definition) is 1. The molecule has 0 spiro atoms. The van der Waals surface area contributed by atoms with Crippen molar-refractivity contribution in [3.8, 4) is 5.75 Å². The van der Waals surface area contributed by atoms with E-state index in [9.17, 15) is 14.0 Å². The summed E-state index contributed by atoms with van der Waals surface area (Å²) in [5.41, 5.74) is 0.468. The molecule has 0 fully saturated rings. The van der Waals surface area contributed by atoms with Crippen molar-refractivity contribution in [3.05, 3.63) is 29.6 Å². The zero-order valence-electron chi connectivity index (χ0n) is 10.1. The highest BCUT2D eigenvalue weighted by Crippen LogP contribution is 2.18. The van der Waals surface area contributed by atoms with E-state index in [1.807, 2.05) is 0 Å². The van der Waals surface area contributed by atoms with E-state index in [0.717, 1.165) is 4.90 Å². The molecule has 5 nitrogen and oxygen atoms in total. The quantitative estimate of drug-likeness (QED) is 0.849. The zero-order valence-corrected chi connectivity index (χ0v) is 10.1. The number of hydrogen-bond acceptors (Lipinski definition) is 3. The number of rotatable bonds is 5. The Morgan fingerprint density at radius 2 is 2.11 bits per heavy atom. The molecule has 0 aromatic heterocycles. The fraction of sp³-hybridized carbons (Fsp3) is 0.333. The summed E-state index contributed by atoms with van der Waals surface area (Å²) in [6.07, 6.45) is -0.0509. The monoisotopic (exact) mass is 255 g/mol. The number of aliphatic carboxylic acids is 1. The molecule has 0 aliphatic rings. The highest BCUT2D eigenvalue weighted by Gasteiger charge is 2.13. The van der Waals surface area contributed by atoms with Crippen molar-refractivity contribution in [1.29, 1.82) is 0 Å². The van der Waals surface area contributed by atoms with Crippen LogP contribution in [0.15, 0.2) is 18.2 Å². The average Bonchev–Trinajstić information content (AvgIpc) is 2.28. The van der Waals surface area contributed by atoms with Gasteiger partial charge in [0.05, 0.1) is 13.5 Å². The molecule has 0 bridgehead atoms. The summed E-state index contributed by atoms with van der Waals surface area (Å²) in [6.45, 7) is -0.378. The molecule has 1 amide bonds. The second kappa shape index (κ2) is 6.00. The number of methoxy groups -OCH3 is 1. The average molecular weight is 255 g/mol. The maximum absolute atomic E-state index is 13.4. The number of ether oxygens (including phenoxy) is 1. The molecular formula is C12H14FNO4. The summed E-state index contributed by atoms with van der Waals surface area (Å²) >= 11 is 0. The third kappa shape index (κ3) is 3.73. The van der Waals surface area contributed by atoms with Crippen molar-refractivity contribution in [2.45, 2.75) is 6.42 Å². The van der Waals surface area contributed by atoms with Gasteiger partial charge in [-0.15, -0.1) is 0 Å². The molecule has 0 saturated carbocycles. The molecule has 18 heavy (non-hydrogen) atoms. The largest absolute Gasteiger partial charge is 0.494 e. The van der Waals surface area contributed by atoms with Gasteiger partial charge in [0, 0.05) is 7.05 Å². The maximum Gasteiger partial charge on any atom is 0.323 e. The van der Waals surface area contributed by atoms with E-state index in [2.05, 4.69) is 0 Å². The van der Waals surface area contributed by atoms with Gasteiger partial charge in [0.2, 0.25) is 5.91 Å². The van der Waals surface area contributed by atoms with E-state index in [0.29, 0.717) is 5.56 Å². The second-order valence-electron chi connectivity index (χ2n) is 3.79. The van der Waals surface area contributed by atoms with Crippen LogP contribution in [0, 0.1) is 5.82 Å². The van der Waals surface area contributed by atoms with E-state index in [1.54, 1.807) is 6.07 Å². The Hall–Kier alpha value is -2.11. The highest BCUT2D eigenvalue weighted by atomic mass is 19.1. The number of carbonyl (C=O) groups excluding carboxylic acids is 1. The molecule has 1 rings (SSSR count). The number of carbonyl (C=O) groups is 2. The minimum absolute atomic E-state index is 0.0509. The normalized spacial score (nSPS) is 9.94. The number of carboxylic acids is 1. The van der Waals surface area contributed by atoms with Gasteiger partial charge in [-0.3, -0.25) is 9.59 Å². The summed E-state index contributed by atoms with van der Waals surface area (Å²) in [7, 11) is 2.74. The Morgan fingerprint density at radius 3 is 2.61 bits per heavy atom. The van der Waals surface area contributed by atoms with E-state index in [-0.39, 0.29) is 24.6 Å². The molecule has 0 atom stereocenters. The first kappa shape index (κ1) is 14.0. The lowest BCUT2D eigenvalue weighted by atomic mass is 10.1. The standard InChI is InChI=1S/C12H14FNO4/c1-14(7-12(16)17)11(15)6-8-3-4-10(18-2)9(13)5-8/h3-5H,6-7H2,1-2H3,(H,16,17). The summed E-state index contributed by atoms with van der Waals surface area (Å²) < 4.78 is 18.1. The van der Waals surface area contributed by atoms with Crippen LogP contribution in [0.1, 0.15) is 5.56 Å².